The molecule has 0 atom stereocenters. The summed E-state index contributed by atoms with van der Waals surface area (Å²) >= 11 is 0. The molecule has 0 N–H and O–H groups in total. The molecular formula is C42H23NO3. The number of nitrogens with zero attached hydrogens (tertiary/aromatic N) is 1. The fourth-order valence-electron chi connectivity index (χ4n) is 7.66. The van der Waals surface area contributed by atoms with Crippen molar-refractivity contribution in [3.8, 4) is 16.8 Å². The van der Waals surface area contributed by atoms with E-state index >= 15 is 0 Å². The Morgan fingerprint density at radius 1 is 0.348 bits per heavy atom. The maximum absolute atomic E-state index is 6.72. The van der Waals surface area contributed by atoms with E-state index in [1.807, 2.05) is 24.3 Å². The Hall–Kier alpha value is -6.26. The van der Waals surface area contributed by atoms with Crippen LogP contribution in [0, 0.1) is 0 Å². The Balaban J connectivity index is 1.21. The second kappa shape index (κ2) is 8.68. The van der Waals surface area contributed by atoms with Gasteiger partial charge in [-0.15, -0.1) is 0 Å². The van der Waals surface area contributed by atoms with Gasteiger partial charge >= 0.3 is 0 Å². The first-order valence-electron chi connectivity index (χ1n) is 15.5. The van der Waals surface area contributed by atoms with E-state index < -0.39 is 0 Å². The quantitative estimate of drug-likeness (QED) is 0.201. The van der Waals surface area contributed by atoms with Gasteiger partial charge in [0.2, 0.25) is 0 Å². The fourth-order valence-corrected chi connectivity index (χ4v) is 7.66. The molecule has 7 aromatic carbocycles. The lowest BCUT2D eigenvalue weighted by Gasteiger charge is -2.08. The summed E-state index contributed by atoms with van der Waals surface area (Å²) in [7, 11) is 0. The number of rotatable bonds is 2. The van der Waals surface area contributed by atoms with Crippen molar-refractivity contribution < 1.29 is 13.3 Å². The van der Waals surface area contributed by atoms with Crippen LogP contribution in [0.25, 0.3) is 104 Å². The Kier molecular flexibility index (Phi) is 4.55. The summed E-state index contributed by atoms with van der Waals surface area (Å²) in [5.74, 6) is 0. The van der Waals surface area contributed by atoms with Crippen LogP contribution in [-0.2, 0) is 0 Å². The molecule has 0 aliphatic heterocycles. The van der Waals surface area contributed by atoms with E-state index in [1.54, 1.807) is 0 Å². The van der Waals surface area contributed by atoms with Crippen molar-refractivity contribution in [1.82, 2.24) is 4.57 Å². The highest BCUT2D eigenvalue weighted by Gasteiger charge is 2.21. The number of benzene rings is 7. The predicted molar refractivity (Wildman–Crippen MR) is 188 cm³/mol. The van der Waals surface area contributed by atoms with Gasteiger partial charge in [-0.25, -0.2) is 0 Å². The predicted octanol–water partition coefficient (Wildman–Crippen LogP) is 12.1. The first kappa shape index (κ1) is 24.1. The molecular weight excluding hydrogens is 566 g/mol. The first-order chi connectivity index (χ1) is 22.8. The van der Waals surface area contributed by atoms with E-state index in [4.69, 9.17) is 13.3 Å². The Labute approximate surface area is 261 Å². The largest absolute Gasteiger partial charge is 0.456 e. The van der Waals surface area contributed by atoms with Gasteiger partial charge in [-0.2, -0.15) is 0 Å². The highest BCUT2D eigenvalue weighted by atomic mass is 16.3. The summed E-state index contributed by atoms with van der Waals surface area (Å²) in [5.41, 5.74) is 10.6. The minimum atomic E-state index is 0.830. The monoisotopic (exact) mass is 589 g/mol. The SMILES string of the molecule is c1ccc2c(c1)oc1c(-c3cccc4c3oc3ccc5oc6ccc(-n7c8ccccc8c8ccccc87)cc6c5c34)cccc12. The summed E-state index contributed by atoms with van der Waals surface area (Å²) < 4.78 is 22.0. The van der Waals surface area contributed by atoms with E-state index in [-0.39, 0.29) is 0 Å². The van der Waals surface area contributed by atoms with Gasteiger partial charge in [0.05, 0.1) is 11.0 Å². The highest BCUT2D eigenvalue weighted by molar-refractivity contribution is 6.27. The highest BCUT2D eigenvalue weighted by Crippen LogP contribution is 2.45. The molecule has 0 unspecified atom stereocenters. The standard InChI is InChI=1S/C42H23NO3/c1-4-16-33-25(9-1)26-10-2-5-17-34(26)43(33)24-19-20-36-32(23-24)40-37(44-36)21-22-38-39(40)31-15-8-14-30(42(31)46-38)29-13-7-12-28-27-11-3-6-18-35(27)45-41(28)29/h1-23H. The number of hydrogen-bond acceptors (Lipinski definition) is 3. The van der Waals surface area contributed by atoms with Gasteiger partial charge < -0.3 is 17.8 Å². The minimum Gasteiger partial charge on any atom is -0.456 e. The molecule has 4 nitrogen and oxygen atoms in total. The van der Waals surface area contributed by atoms with Gasteiger partial charge in [-0.1, -0.05) is 91.0 Å². The molecule has 0 aliphatic carbocycles. The Morgan fingerprint density at radius 3 is 1.63 bits per heavy atom. The first-order valence-corrected chi connectivity index (χ1v) is 15.5. The van der Waals surface area contributed by atoms with Crippen LogP contribution in [0.5, 0.6) is 0 Å². The van der Waals surface area contributed by atoms with Crippen LogP contribution in [0.3, 0.4) is 0 Å². The zero-order valence-electron chi connectivity index (χ0n) is 24.5. The molecule has 0 fully saturated rings. The molecule has 0 saturated carbocycles. The van der Waals surface area contributed by atoms with Crippen molar-refractivity contribution >= 4 is 87.6 Å². The molecule has 4 heteroatoms. The zero-order chi connectivity index (χ0) is 29.9. The fraction of sp³-hybridized carbons (Fsp3) is 0. The molecule has 11 aromatic rings. The van der Waals surface area contributed by atoms with E-state index in [2.05, 4.69) is 120 Å². The van der Waals surface area contributed by atoms with Gasteiger partial charge in [0.15, 0.2) is 0 Å². The third-order valence-electron chi connectivity index (χ3n) is 9.61. The number of para-hydroxylation sites is 5. The maximum atomic E-state index is 6.72. The number of furan rings is 3. The summed E-state index contributed by atoms with van der Waals surface area (Å²) in [6.07, 6.45) is 0. The van der Waals surface area contributed by atoms with E-state index in [9.17, 15) is 0 Å². The number of fused-ring (bicyclic) bond motifs is 13. The summed E-state index contributed by atoms with van der Waals surface area (Å²) in [5, 5.41) is 8.93. The van der Waals surface area contributed by atoms with Crippen LogP contribution in [-0.4, -0.2) is 4.57 Å². The van der Waals surface area contributed by atoms with Crippen molar-refractivity contribution in [2.75, 3.05) is 0 Å². The minimum absolute atomic E-state index is 0.830. The second-order valence-electron chi connectivity index (χ2n) is 12.0. The molecule has 0 aliphatic rings. The lowest BCUT2D eigenvalue weighted by Crippen LogP contribution is -1.93. The molecule has 0 amide bonds. The van der Waals surface area contributed by atoms with Gasteiger partial charge in [0.25, 0.3) is 0 Å². The van der Waals surface area contributed by atoms with Crippen LogP contribution in [0.15, 0.2) is 153 Å². The average molecular weight is 590 g/mol. The van der Waals surface area contributed by atoms with Crippen molar-refractivity contribution in [2.45, 2.75) is 0 Å². The van der Waals surface area contributed by atoms with Gasteiger partial charge in [-0.05, 0) is 48.5 Å². The van der Waals surface area contributed by atoms with Crippen LogP contribution in [0.4, 0.5) is 0 Å². The molecule has 214 valence electrons. The van der Waals surface area contributed by atoms with E-state index in [1.165, 1.54) is 21.8 Å². The number of aromatic nitrogens is 1. The molecule has 4 heterocycles. The van der Waals surface area contributed by atoms with Crippen LogP contribution < -0.4 is 0 Å². The summed E-state index contributed by atoms with van der Waals surface area (Å²) in [6.45, 7) is 0. The van der Waals surface area contributed by atoms with Gasteiger partial charge in [0.1, 0.15) is 33.5 Å². The third-order valence-corrected chi connectivity index (χ3v) is 9.61. The second-order valence-corrected chi connectivity index (χ2v) is 12.0. The number of hydrogen-bond donors (Lipinski definition) is 0. The molecule has 0 spiro atoms. The lowest BCUT2D eigenvalue weighted by molar-refractivity contribution is 0.662. The Bertz CT molecular complexity index is 2980. The van der Waals surface area contributed by atoms with E-state index in [0.717, 1.165) is 82.6 Å². The van der Waals surface area contributed by atoms with Crippen molar-refractivity contribution in [2.24, 2.45) is 0 Å². The zero-order valence-corrected chi connectivity index (χ0v) is 24.5. The molecule has 0 bridgehead atoms. The topological polar surface area (TPSA) is 44.4 Å². The molecule has 0 saturated heterocycles. The average Bonchev–Trinajstić information content (AvgIpc) is 3.86. The van der Waals surface area contributed by atoms with E-state index in [0.29, 0.717) is 0 Å². The van der Waals surface area contributed by atoms with Crippen molar-refractivity contribution in [3.05, 3.63) is 140 Å². The van der Waals surface area contributed by atoms with Crippen LogP contribution in [0.2, 0.25) is 0 Å². The van der Waals surface area contributed by atoms with Gasteiger partial charge in [-0.3, -0.25) is 0 Å². The Morgan fingerprint density at radius 2 is 0.870 bits per heavy atom. The molecule has 0 radical (unpaired) electrons. The smallest absolute Gasteiger partial charge is 0.143 e. The van der Waals surface area contributed by atoms with Crippen molar-refractivity contribution in [3.63, 3.8) is 0 Å². The van der Waals surface area contributed by atoms with Crippen molar-refractivity contribution in [1.29, 1.82) is 0 Å². The molecule has 4 aromatic heterocycles. The van der Waals surface area contributed by atoms with Crippen LogP contribution >= 0.6 is 0 Å². The molecule has 11 rings (SSSR count). The maximum Gasteiger partial charge on any atom is 0.143 e. The third kappa shape index (κ3) is 3.07. The summed E-state index contributed by atoms with van der Waals surface area (Å²) in [4.78, 5) is 0. The van der Waals surface area contributed by atoms with Crippen LogP contribution in [0.1, 0.15) is 0 Å². The summed E-state index contributed by atoms with van der Waals surface area (Å²) in [6, 6.07) is 48.7. The molecule has 46 heavy (non-hydrogen) atoms. The lowest BCUT2D eigenvalue weighted by atomic mass is 9.99. The normalized spacial score (nSPS) is 12.3. The van der Waals surface area contributed by atoms with Gasteiger partial charge in [0, 0.05) is 59.9 Å².